The Morgan fingerprint density at radius 1 is 1.12 bits per heavy atom. The van der Waals surface area contributed by atoms with Gasteiger partial charge in [-0.05, 0) is 55.3 Å². The van der Waals surface area contributed by atoms with Crippen molar-refractivity contribution >= 4 is 6.09 Å². The van der Waals surface area contributed by atoms with Gasteiger partial charge in [-0.1, -0.05) is 13.8 Å². The van der Waals surface area contributed by atoms with Gasteiger partial charge in [-0.15, -0.1) is 0 Å². The molecule has 4 saturated carbocycles. The molecule has 4 fully saturated rings. The molecule has 0 heterocycles. The molecule has 1 amide bonds. The van der Waals surface area contributed by atoms with E-state index in [9.17, 15) is 4.79 Å². The number of nitrogens with one attached hydrogen (secondary N) is 1. The van der Waals surface area contributed by atoms with Gasteiger partial charge in [-0.25, -0.2) is 4.79 Å². The summed E-state index contributed by atoms with van der Waals surface area (Å²) in [5, 5.41) is 11.9. The van der Waals surface area contributed by atoms with Gasteiger partial charge in [0.25, 0.3) is 0 Å². The van der Waals surface area contributed by atoms with Crippen molar-refractivity contribution in [2.75, 3.05) is 0 Å². The standard InChI is InChI=1S/C13H21NO2/c1-11-3-9-4-12(2,6-11)8-13(5-9,7-11)14-10(15)16/h9,14H,3-8H2,1-2H3,(H,15,16)/t9-,11-,12+,13?. The maximum Gasteiger partial charge on any atom is 0.405 e. The first kappa shape index (κ1) is 10.4. The van der Waals surface area contributed by atoms with E-state index in [0.29, 0.717) is 10.8 Å². The fourth-order valence-corrected chi connectivity index (χ4v) is 5.81. The zero-order valence-corrected chi connectivity index (χ0v) is 10.2. The van der Waals surface area contributed by atoms with Crippen LogP contribution in [0, 0.1) is 16.7 Å². The van der Waals surface area contributed by atoms with Crippen molar-refractivity contribution in [2.24, 2.45) is 16.7 Å². The van der Waals surface area contributed by atoms with Crippen molar-refractivity contribution in [3.8, 4) is 0 Å². The van der Waals surface area contributed by atoms with Gasteiger partial charge in [-0.3, -0.25) is 0 Å². The Hall–Kier alpha value is -0.730. The van der Waals surface area contributed by atoms with E-state index in [1.807, 2.05) is 0 Å². The molecule has 4 aliphatic carbocycles. The van der Waals surface area contributed by atoms with E-state index >= 15 is 0 Å². The molecule has 0 radical (unpaired) electrons. The molecule has 0 aliphatic heterocycles. The summed E-state index contributed by atoms with van der Waals surface area (Å²) in [7, 11) is 0. The first-order valence-corrected chi connectivity index (χ1v) is 6.33. The van der Waals surface area contributed by atoms with E-state index in [4.69, 9.17) is 5.11 Å². The lowest BCUT2D eigenvalue weighted by atomic mass is 9.43. The van der Waals surface area contributed by atoms with Crippen LogP contribution in [0.4, 0.5) is 4.79 Å². The molecular weight excluding hydrogens is 202 g/mol. The number of rotatable bonds is 1. The van der Waals surface area contributed by atoms with Gasteiger partial charge >= 0.3 is 6.09 Å². The highest BCUT2D eigenvalue weighted by atomic mass is 16.4. The van der Waals surface area contributed by atoms with Gasteiger partial charge in [0.05, 0.1) is 0 Å². The van der Waals surface area contributed by atoms with Crippen LogP contribution in [0.5, 0.6) is 0 Å². The summed E-state index contributed by atoms with van der Waals surface area (Å²) in [4.78, 5) is 11.0. The summed E-state index contributed by atoms with van der Waals surface area (Å²) in [6.07, 6.45) is 6.26. The summed E-state index contributed by atoms with van der Waals surface area (Å²) < 4.78 is 0. The molecule has 0 aromatic carbocycles. The van der Waals surface area contributed by atoms with Crippen LogP contribution in [0.25, 0.3) is 0 Å². The number of hydrogen-bond donors (Lipinski definition) is 2. The Morgan fingerprint density at radius 2 is 1.69 bits per heavy atom. The number of hydrogen-bond acceptors (Lipinski definition) is 1. The van der Waals surface area contributed by atoms with E-state index in [1.54, 1.807) is 0 Å². The van der Waals surface area contributed by atoms with Crippen molar-refractivity contribution < 1.29 is 9.90 Å². The van der Waals surface area contributed by atoms with Crippen molar-refractivity contribution in [3.63, 3.8) is 0 Å². The number of carboxylic acid groups (broad SMARTS) is 1. The van der Waals surface area contributed by atoms with Crippen molar-refractivity contribution in [1.29, 1.82) is 0 Å². The average molecular weight is 223 g/mol. The van der Waals surface area contributed by atoms with Crippen LogP contribution < -0.4 is 5.32 Å². The lowest BCUT2D eigenvalue weighted by Gasteiger charge is -2.65. The predicted octanol–water partition coefficient (Wildman–Crippen LogP) is 3.00. The normalized spacial score (nSPS) is 54.0. The molecule has 4 rings (SSSR count). The highest BCUT2D eigenvalue weighted by Gasteiger charge is 2.60. The minimum Gasteiger partial charge on any atom is -0.465 e. The second-order valence-electron chi connectivity index (χ2n) is 7.34. The minimum atomic E-state index is -0.839. The van der Waals surface area contributed by atoms with Crippen molar-refractivity contribution in [3.05, 3.63) is 0 Å². The molecule has 4 atom stereocenters. The third-order valence-corrected chi connectivity index (χ3v) is 5.00. The molecule has 4 bridgehead atoms. The molecule has 90 valence electrons. The van der Waals surface area contributed by atoms with Crippen LogP contribution in [0.1, 0.15) is 52.4 Å². The third kappa shape index (κ3) is 1.44. The van der Waals surface area contributed by atoms with Gasteiger partial charge in [0.2, 0.25) is 0 Å². The maximum absolute atomic E-state index is 11.0. The monoisotopic (exact) mass is 223 g/mol. The minimum absolute atomic E-state index is 0.102. The first-order valence-electron chi connectivity index (χ1n) is 6.33. The summed E-state index contributed by atoms with van der Waals surface area (Å²) in [5.41, 5.74) is 0.669. The van der Waals surface area contributed by atoms with Crippen LogP contribution in [-0.4, -0.2) is 16.7 Å². The zero-order chi connectivity index (χ0) is 11.6. The van der Waals surface area contributed by atoms with Gasteiger partial charge < -0.3 is 10.4 Å². The topological polar surface area (TPSA) is 49.3 Å². The van der Waals surface area contributed by atoms with Gasteiger partial charge in [-0.2, -0.15) is 0 Å². The largest absolute Gasteiger partial charge is 0.465 e. The van der Waals surface area contributed by atoms with Crippen LogP contribution in [0.2, 0.25) is 0 Å². The van der Waals surface area contributed by atoms with Crippen LogP contribution >= 0.6 is 0 Å². The first-order chi connectivity index (χ1) is 7.32. The van der Waals surface area contributed by atoms with Crippen LogP contribution in [0.15, 0.2) is 0 Å². The molecule has 3 nitrogen and oxygen atoms in total. The Balaban J connectivity index is 1.95. The predicted molar refractivity (Wildman–Crippen MR) is 61.3 cm³/mol. The second-order valence-corrected chi connectivity index (χ2v) is 7.34. The molecule has 3 heteroatoms. The molecule has 1 unspecified atom stereocenters. The Morgan fingerprint density at radius 3 is 2.12 bits per heavy atom. The van der Waals surface area contributed by atoms with E-state index in [1.165, 1.54) is 19.3 Å². The molecule has 0 aromatic rings. The lowest BCUT2D eigenvalue weighted by molar-refractivity contribution is -0.114. The van der Waals surface area contributed by atoms with E-state index in [2.05, 4.69) is 19.2 Å². The Labute approximate surface area is 96.6 Å². The summed E-state index contributed by atoms with van der Waals surface area (Å²) >= 11 is 0. The third-order valence-electron chi connectivity index (χ3n) is 5.00. The quantitative estimate of drug-likeness (QED) is 0.718. The number of amides is 1. The van der Waals surface area contributed by atoms with Crippen LogP contribution in [0.3, 0.4) is 0 Å². The SMILES string of the molecule is C[C@]12C[C@H]3CC(NC(=O)O)(C1)C[C@@](C)(C3)C2. The average Bonchev–Trinajstić information content (AvgIpc) is 1.91. The molecule has 2 N–H and O–H groups in total. The maximum atomic E-state index is 11.0. The molecule has 4 aliphatic rings. The zero-order valence-electron chi connectivity index (χ0n) is 10.2. The summed E-state index contributed by atoms with van der Waals surface area (Å²) in [6, 6.07) is 0. The van der Waals surface area contributed by atoms with Crippen molar-refractivity contribution in [1.82, 2.24) is 5.32 Å². The Bertz CT molecular complexity index is 334. The summed E-state index contributed by atoms with van der Waals surface area (Å²) in [6.45, 7) is 4.71. The fraction of sp³-hybridized carbons (Fsp3) is 0.923. The molecule has 16 heavy (non-hydrogen) atoms. The molecule has 0 aromatic heterocycles. The van der Waals surface area contributed by atoms with Crippen LogP contribution in [-0.2, 0) is 0 Å². The number of carbonyl (C=O) groups is 1. The summed E-state index contributed by atoms with van der Waals surface area (Å²) in [5.74, 6) is 0.748. The van der Waals surface area contributed by atoms with E-state index in [-0.39, 0.29) is 5.54 Å². The van der Waals surface area contributed by atoms with E-state index in [0.717, 1.165) is 25.2 Å². The lowest BCUT2D eigenvalue weighted by Crippen LogP contribution is -2.65. The highest BCUT2D eigenvalue weighted by molar-refractivity contribution is 5.65. The van der Waals surface area contributed by atoms with Crippen molar-refractivity contribution in [2.45, 2.75) is 57.9 Å². The van der Waals surface area contributed by atoms with Gasteiger partial charge in [0.15, 0.2) is 0 Å². The molecule has 0 saturated heterocycles. The van der Waals surface area contributed by atoms with Gasteiger partial charge in [0, 0.05) is 5.54 Å². The smallest absolute Gasteiger partial charge is 0.405 e. The Kier molecular flexibility index (Phi) is 1.79. The van der Waals surface area contributed by atoms with Gasteiger partial charge in [0.1, 0.15) is 0 Å². The second kappa shape index (κ2) is 2.74. The molecule has 0 spiro atoms. The molecular formula is C13H21NO2. The highest BCUT2D eigenvalue weighted by Crippen LogP contribution is 2.66. The fourth-order valence-electron chi connectivity index (χ4n) is 5.81. The van der Waals surface area contributed by atoms with E-state index < -0.39 is 6.09 Å².